The van der Waals surface area contributed by atoms with Gasteiger partial charge in [0.1, 0.15) is 12.4 Å². The van der Waals surface area contributed by atoms with E-state index in [1.165, 1.54) is 4.90 Å². The van der Waals surface area contributed by atoms with Crippen molar-refractivity contribution in [2.45, 2.75) is 6.42 Å². The van der Waals surface area contributed by atoms with Crippen molar-refractivity contribution in [2.24, 2.45) is 0 Å². The highest BCUT2D eigenvalue weighted by Gasteiger charge is 2.12. The molecule has 118 valence electrons. The van der Waals surface area contributed by atoms with Gasteiger partial charge in [0.2, 0.25) is 15.9 Å². The van der Waals surface area contributed by atoms with Crippen molar-refractivity contribution in [3.05, 3.63) is 24.3 Å². The molecular weight excluding hydrogens is 294 g/mol. The highest BCUT2D eigenvalue weighted by molar-refractivity contribution is 7.89. The summed E-state index contributed by atoms with van der Waals surface area (Å²) in [6.07, 6.45) is 0.124. The normalized spacial score (nSPS) is 11.1. The third kappa shape index (κ3) is 6.46. The summed E-state index contributed by atoms with van der Waals surface area (Å²) in [6.45, 7) is 0.0675. The second-order valence-electron chi connectivity index (χ2n) is 4.64. The van der Waals surface area contributed by atoms with Gasteiger partial charge in [-0.05, 0) is 12.1 Å². The summed E-state index contributed by atoms with van der Waals surface area (Å²) in [4.78, 5) is 12.7. The zero-order valence-corrected chi connectivity index (χ0v) is 13.0. The first-order chi connectivity index (χ1) is 9.82. The average Bonchev–Trinajstić information content (AvgIpc) is 2.40. The zero-order valence-electron chi connectivity index (χ0n) is 12.2. The van der Waals surface area contributed by atoms with Gasteiger partial charge in [-0.1, -0.05) is 12.1 Å². The molecule has 0 aromatic heterocycles. The van der Waals surface area contributed by atoms with Crippen LogP contribution in [0, 0.1) is 0 Å². The summed E-state index contributed by atoms with van der Waals surface area (Å²) in [5, 5.41) is 0. The van der Waals surface area contributed by atoms with Crippen LogP contribution in [-0.4, -0.2) is 52.2 Å². The molecule has 0 saturated carbocycles. The van der Waals surface area contributed by atoms with Gasteiger partial charge in [-0.3, -0.25) is 4.79 Å². The van der Waals surface area contributed by atoms with E-state index in [-0.39, 0.29) is 31.2 Å². The molecule has 1 amide bonds. The van der Waals surface area contributed by atoms with Crippen LogP contribution in [0.25, 0.3) is 0 Å². The van der Waals surface area contributed by atoms with Crippen LogP contribution in [0.15, 0.2) is 24.3 Å². The van der Waals surface area contributed by atoms with Crippen molar-refractivity contribution in [1.82, 2.24) is 9.62 Å². The standard InChI is InChI=1S/C13H21N3O4S/c1-16(2)13(17)7-8-15-21(18,19)10-9-20-12-6-4-3-5-11(12)14/h3-6,15H,7-10,14H2,1-2H3. The molecule has 1 aromatic carbocycles. The number of nitrogens with zero attached hydrogens (tertiary/aromatic N) is 1. The lowest BCUT2D eigenvalue weighted by Gasteiger charge is -2.11. The topological polar surface area (TPSA) is 102 Å². The van der Waals surface area contributed by atoms with E-state index < -0.39 is 10.0 Å². The van der Waals surface area contributed by atoms with Gasteiger partial charge >= 0.3 is 0 Å². The van der Waals surface area contributed by atoms with E-state index in [0.717, 1.165) is 0 Å². The van der Waals surface area contributed by atoms with Gasteiger partial charge in [-0.25, -0.2) is 13.1 Å². The highest BCUT2D eigenvalue weighted by atomic mass is 32.2. The Hall–Kier alpha value is -1.80. The second kappa shape index (κ2) is 7.84. The van der Waals surface area contributed by atoms with Crippen LogP contribution in [0.1, 0.15) is 6.42 Å². The lowest BCUT2D eigenvalue weighted by molar-refractivity contribution is -0.128. The molecular formula is C13H21N3O4S. The van der Waals surface area contributed by atoms with Crippen molar-refractivity contribution in [3.8, 4) is 5.75 Å². The van der Waals surface area contributed by atoms with Gasteiger partial charge in [-0.2, -0.15) is 0 Å². The fourth-order valence-corrected chi connectivity index (χ4v) is 2.34. The summed E-state index contributed by atoms with van der Waals surface area (Å²) in [5.74, 6) is 0.124. The highest BCUT2D eigenvalue weighted by Crippen LogP contribution is 2.19. The molecule has 0 radical (unpaired) electrons. The summed E-state index contributed by atoms with van der Waals surface area (Å²) in [5.41, 5.74) is 6.14. The maximum atomic E-state index is 11.7. The SMILES string of the molecule is CN(C)C(=O)CCNS(=O)(=O)CCOc1ccccc1N. The number of hydrogen-bond donors (Lipinski definition) is 2. The number of sulfonamides is 1. The van der Waals surface area contributed by atoms with Gasteiger partial charge < -0.3 is 15.4 Å². The molecule has 0 fully saturated rings. The molecule has 0 bridgehead atoms. The first kappa shape index (κ1) is 17.3. The Bertz CT molecular complexity index is 573. The zero-order chi connectivity index (χ0) is 15.9. The maximum absolute atomic E-state index is 11.7. The van der Waals surface area contributed by atoms with E-state index in [0.29, 0.717) is 11.4 Å². The van der Waals surface area contributed by atoms with Gasteiger partial charge in [0, 0.05) is 27.1 Å². The lowest BCUT2D eigenvalue weighted by Crippen LogP contribution is -2.33. The molecule has 0 aliphatic rings. The fraction of sp³-hybridized carbons (Fsp3) is 0.462. The van der Waals surface area contributed by atoms with E-state index in [9.17, 15) is 13.2 Å². The van der Waals surface area contributed by atoms with Crippen molar-refractivity contribution in [3.63, 3.8) is 0 Å². The molecule has 0 unspecified atom stereocenters. The summed E-state index contributed by atoms with van der Waals surface area (Å²) < 4.78 is 31.1. The number of benzene rings is 1. The summed E-state index contributed by atoms with van der Waals surface area (Å²) >= 11 is 0. The van der Waals surface area contributed by atoms with Crippen LogP contribution in [0.2, 0.25) is 0 Å². The number of rotatable bonds is 8. The maximum Gasteiger partial charge on any atom is 0.223 e. The number of anilines is 1. The van der Waals surface area contributed by atoms with Crippen molar-refractivity contribution < 1.29 is 17.9 Å². The number of carbonyl (C=O) groups excluding carboxylic acids is 1. The van der Waals surface area contributed by atoms with Crippen molar-refractivity contribution in [2.75, 3.05) is 38.7 Å². The molecule has 8 heteroatoms. The summed E-state index contributed by atoms with van der Waals surface area (Å²) in [6, 6.07) is 6.87. The van der Waals surface area contributed by atoms with Crippen molar-refractivity contribution >= 4 is 21.6 Å². The lowest BCUT2D eigenvalue weighted by atomic mass is 10.3. The van der Waals surface area contributed by atoms with E-state index in [4.69, 9.17) is 10.5 Å². The van der Waals surface area contributed by atoms with Crippen molar-refractivity contribution in [1.29, 1.82) is 0 Å². The van der Waals surface area contributed by atoms with Gasteiger partial charge in [-0.15, -0.1) is 0 Å². The minimum atomic E-state index is -3.47. The van der Waals surface area contributed by atoms with E-state index >= 15 is 0 Å². The Kier molecular flexibility index (Phi) is 6.44. The quantitative estimate of drug-likeness (QED) is 0.660. The number of hydrogen-bond acceptors (Lipinski definition) is 5. The van der Waals surface area contributed by atoms with Crippen LogP contribution < -0.4 is 15.2 Å². The van der Waals surface area contributed by atoms with Gasteiger partial charge in [0.05, 0.1) is 11.4 Å². The molecule has 0 heterocycles. The van der Waals surface area contributed by atoms with Crippen LogP contribution in [0.5, 0.6) is 5.75 Å². The largest absolute Gasteiger partial charge is 0.490 e. The number of amides is 1. The minimum absolute atomic E-state index is 0.00876. The average molecular weight is 315 g/mol. The second-order valence-corrected chi connectivity index (χ2v) is 6.56. The fourth-order valence-electron chi connectivity index (χ4n) is 1.48. The molecule has 7 nitrogen and oxygen atoms in total. The smallest absolute Gasteiger partial charge is 0.223 e. The molecule has 3 N–H and O–H groups in total. The van der Waals surface area contributed by atoms with E-state index in [1.807, 2.05) is 0 Å². The number of para-hydroxylation sites is 2. The van der Waals surface area contributed by atoms with Crippen LogP contribution in [-0.2, 0) is 14.8 Å². The Morgan fingerprint density at radius 2 is 2.00 bits per heavy atom. The predicted octanol–water partition coefficient (Wildman–Crippen LogP) is 0.0453. The molecule has 1 rings (SSSR count). The van der Waals surface area contributed by atoms with Crippen LogP contribution >= 0.6 is 0 Å². The van der Waals surface area contributed by atoms with Gasteiger partial charge in [0.15, 0.2) is 0 Å². The molecule has 0 atom stereocenters. The Balaban J connectivity index is 2.33. The monoisotopic (exact) mass is 315 g/mol. The number of carbonyl (C=O) groups is 1. The number of nitrogens with one attached hydrogen (secondary N) is 1. The number of nitrogen functional groups attached to an aromatic ring is 1. The first-order valence-corrected chi connectivity index (χ1v) is 8.12. The number of ether oxygens (including phenoxy) is 1. The third-order valence-corrected chi connectivity index (χ3v) is 4.04. The summed E-state index contributed by atoms with van der Waals surface area (Å²) in [7, 11) is -0.233. The Morgan fingerprint density at radius 1 is 1.33 bits per heavy atom. The Labute approximate surface area is 125 Å². The predicted molar refractivity (Wildman–Crippen MR) is 81.4 cm³/mol. The van der Waals surface area contributed by atoms with Gasteiger partial charge in [0.25, 0.3) is 0 Å². The Morgan fingerprint density at radius 3 is 2.62 bits per heavy atom. The molecule has 1 aromatic rings. The molecule has 0 spiro atoms. The van der Waals surface area contributed by atoms with E-state index in [2.05, 4.69) is 4.72 Å². The van der Waals surface area contributed by atoms with Crippen LogP contribution in [0.4, 0.5) is 5.69 Å². The van der Waals surface area contributed by atoms with Crippen LogP contribution in [0.3, 0.4) is 0 Å². The first-order valence-electron chi connectivity index (χ1n) is 6.46. The third-order valence-electron chi connectivity index (χ3n) is 2.69. The number of nitrogens with two attached hydrogens (primary N) is 1. The molecule has 0 saturated heterocycles. The minimum Gasteiger partial charge on any atom is -0.490 e. The molecule has 0 aliphatic heterocycles. The molecule has 21 heavy (non-hydrogen) atoms. The molecule has 0 aliphatic carbocycles. The van der Waals surface area contributed by atoms with E-state index in [1.54, 1.807) is 38.4 Å².